The predicted molar refractivity (Wildman–Crippen MR) is 76.8 cm³/mol. The molecule has 1 aromatic heterocycles. The lowest BCUT2D eigenvalue weighted by Crippen LogP contribution is -2.22. The van der Waals surface area contributed by atoms with Gasteiger partial charge in [0.2, 0.25) is 0 Å². The minimum Gasteiger partial charge on any atom is -0.465 e. The van der Waals surface area contributed by atoms with E-state index in [4.69, 9.17) is 5.73 Å². The van der Waals surface area contributed by atoms with Crippen molar-refractivity contribution in [2.45, 2.75) is 6.92 Å². The fraction of sp³-hybridized carbons (Fsp3) is 0.333. The largest absolute Gasteiger partial charge is 0.465 e. The number of anilines is 2. The number of hydrogen-bond donors (Lipinski definition) is 3. The molecule has 0 unspecified atom stereocenters. The van der Waals surface area contributed by atoms with Crippen molar-refractivity contribution in [2.75, 3.05) is 31.2 Å². The maximum atomic E-state index is 11.8. The van der Waals surface area contributed by atoms with Crippen LogP contribution in [0.15, 0.2) is 12.7 Å². The first kappa shape index (κ1) is 15.0. The Morgan fingerprint density at radius 1 is 1.53 bits per heavy atom. The van der Waals surface area contributed by atoms with Gasteiger partial charge in [0.15, 0.2) is 0 Å². The van der Waals surface area contributed by atoms with Crippen LogP contribution in [-0.2, 0) is 4.74 Å². The van der Waals surface area contributed by atoms with Gasteiger partial charge in [0.1, 0.15) is 15.4 Å². The minimum absolute atomic E-state index is 0.134. The standard InChI is InChI=1S/C12H17N3O3S/c1-4-6-15-11-7(12(17)18-3)8(13)9(19-11)10(16)14-5-2/h4,15H,1,5-6,13H2,2-3H3,(H,14,16). The van der Waals surface area contributed by atoms with E-state index in [0.717, 1.165) is 11.3 Å². The molecule has 0 fully saturated rings. The highest BCUT2D eigenvalue weighted by Crippen LogP contribution is 2.36. The Bertz CT molecular complexity index is 497. The van der Waals surface area contributed by atoms with Gasteiger partial charge in [-0.25, -0.2) is 4.79 Å². The number of thiophene rings is 1. The first-order chi connectivity index (χ1) is 9.06. The number of esters is 1. The maximum Gasteiger partial charge on any atom is 0.343 e. The predicted octanol–water partition coefficient (Wildman–Crippen LogP) is 1.46. The van der Waals surface area contributed by atoms with Gasteiger partial charge in [0, 0.05) is 13.1 Å². The van der Waals surface area contributed by atoms with E-state index < -0.39 is 5.97 Å². The molecule has 0 aliphatic carbocycles. The summed E-state index contributed by atoms with van der Waals surface area (Å²) in [6.45, 7) is 6.33. The van der Waals surface area contributed by atoms with Gasteiger partial charge in [-0.3, -0.25) is 4.79 Å². The fourth-order valence-corrected chi connectivity index (χ4v) is 2.48. The van der Waals surface area contributed by atoms with Gasteiger partial charge in [-0.05, 0) is 6.92 Å². The molecule has 0 aliphatic heterocycles. The number of methoxy groups -OCH3 is 1. The number of rotatable bonds is 6. The number of ether oxygens (including phenoxy) is 1. The molecule has 1 rings (SSSR count). The second-order valence-corrected chi connectivity index (χ2v) is 4.59. The molecule has 0 saturated carbocycles. The lowest BCUT2D eigenvalue weighted by molar-refractivity contribution is 0.0603. The third-order valence-electron chi connectivity index (χ3n) is 2.29. The van der Waals surface area contributed by atoms with Crippen molar-refractivity contribution >= 4 is 33.9 Å². The van der Waals surface area contributed by atoms with Crippen molar-refractivity contribution < 1.29 is 14.3 Å². The summed E-state index contributed by atoms with van der Waals surface area (Å²) in [6.07, 6.45) is 1.64. The SMILES string of the molecule is C=CCNc1sc(C(=O)NCC)c(N)c1C(=O)OC. The Hall–Kier alpha value is -2.02. The van der Waals surface area contributed by atoms with E-state index in [1.54, 1.807) is 13.0 Å². The number of hydrogen-bond acceptors (Lipinski definition) is 6. The van der Waals surface area contributed by atoms with Crippen LogP contribution in [0.2, 0.25) is 0 Å². The number of amides is 1. The maximum absolute atomic E-state index is 11.8. The smallest absolute Gasteiger partial charge is 0.343 e. The van der Waals surface area contributed by atoms with Crippen LogP contribution in [0.1, 0.15) is 27.0 Å². The number of carbonyl (C=O) groups excluding carboxylic acids is 2. The summed E-state index contributed by atoms with van der Waals surface area (Å²) in [5.41, 5.74) is 6.19. The Kier molecular flexibility index (Phi) is 5.37. The summed E-state index contributed by atoms with van der Waals surface area (Å²) in [4.78, 5) is 23.9. The molecule has 4 N–H and O–H groups in total. The molecule has 0 bridgehead atoms. The topological polar surface area (TPSA) is 93.5 Å². The highest BCUT2D eigenvalue weighted by atomic mass is 32.1. The lowest BCUT2D eigenvalue weighted by atomic mass is 10.2. The van der Waals surface area contributed by atoms with Crippen molar-refractivity contribution in [3.8, 4) is 0 Å². The third kappa shape index (κ3) is 3.25. The number of nitrogens with two attached hydrogens (primary N) is 1. The molecule has 1 aromatic rings. The van der Waals surface area contributed by atoms with Crippen LogP contribution in [0.4, 0.5) is 10.7 Å². The van der Waals surface area contributed by atoms with E-state index in [2.05, 4.69) is 21.9 Å². The van der Waals surface area contributed by atoms with Crippen LogP contribution in [-0.4, -0.2) is 32.1 Å². The minimum atomic E-state index is -0.573. The van der Waals surface area contributed by atoms with Crippen LogP contribution in [0, 0.1) is 0 Å². The van der Waals surface area contributed by atoms with E-state index in [9.17, 15) is 9.59 Å². The number of nitrogen functional groups attached to an aromatic ring is 1. The molecule has 19 heavy (non-hydrogen) atoms. The zero-order valence-corrected chi connectivity index (χ0v) is 11.7. The fourth-order valence-electron chi connectivity index (χ4n) is 1.45. The molecule has 0 aliphatic rings. The van der Waals surface area contributed by atoms with E-state index in [-0.39, 0.29) is 17.2 Å². The van der Waals surface area contributed by atoms with Gasteiger partial charge in [-0.2, -0.15) is 0 Å². The number of nitrogens with one attached hydrogen (secondary N) is 2. The summed E-state index contributed by atoms with van der Waals surface area (Å²) >= 11 is 1.12. The van der Waals surface area contributed by atoms with Gasteiger partial charge in [0.25, 0.3) is 5.91 Å². The molecular weight excluding hydrogens is 266 g/mol. The van der Waals surface area contributed by atoms with Crippen molar-refractivity contribution in [2.24, 2.45) is 0 Å². The molecule has 0 aromatic carbocycles. The average molecular weight is 283 g/mol. The highest BCUT2D eigenvalue weighted by Gasteiger charge is 2.25. The quantitative estimate of drug-likeness (QED) is 0.543. The summed E-state index contributed by atoms with van der Waals surface area (Å²) in [5, 5.41) is 6.13. The third-order valence-corrected chi connectivity index (χ3v) is 3.45. The Labute approximate surface area is 115 Å². The monoisotopic (exact) mass is 283 g/mol. The molecule has 6 nitrogen and oxygen atoms in total. The molecule has 104 valence electrons. The van der Waals surface area contributed by atoms with Crippen LogP contribution in [0.3, 0.4) is 0 Å². The first-order valence-corrected chi connectivity index (χ1v) is 6.51. The Morgan fingerprint density at radius 2 is 2.21 bits per heavy atom. The van der Waals surface area contributed by atoms with Crippen LogP contribution in [0.25, 0.3) is 0 Å². The Morgan fingerprint density at radius 3 is 2.74 bits per heavy atom. The molecule has 0 saturated heterocycles. The van der Waals surface area contributed by atoms with Gasteiger partial charge >= 0.3 is 5.97 Å². The van der Waals surface area contributed by atoms with Crippen LogP contribution >= 0.6 is 11.3 Å². The first-order valence-electron chi connectivity index (χ1n) is 5.70. The molecule has 1 heterocycles. The summed E-state index contributed by atoms with van der Waals surface area (Å²) < 4.78 is 4.68. The van der Waals surface area contributed by atoms with E-state index in [1.165, 1.54) is 7.11 Å². The lowest BCUT2D eigenvalue weighted by Gasteiger charge is -2.04. The van der Waals surface area contributed by atoms with Gasteiger partial charge in [-0.15, -0.1) is 17.9 Å². The van der Waals surface area contributed by atoms with Gasteiger partial charge < -0.3 is 21.1 Å². The van der Waals surface area contributed by atoms with Crippen LogP contribution < -0.4 is 16.4 Å². The molecule has 0 radical (unpaired) electrons. The average Bonchev–Trinajstić information content (AvgIpc) is 2.73. The highest BCUT2D eigenvalue weighted by molar-refractivity contribution is 7.19. The summed E-state index contributed by atoms with van der Waals surface area (Å²) in [7, 11) is 1.27. The van der Waals surface area contributed by atoms with Gasteiger partial charge in [-0.1, -0.05) is 6.08 Å². The van der Waals surface area contributed by atoms with Crippen molar-refractivity contribution in [3.05, 3.63) is 23.1 Å². The molecule has 0 atom stereocenters. The van der Waals surface area contributed by atoms with Gasteiger partial charge in [0.05, 0.1) is 12.8 Å². The zero-order valence-electron chi connectivity index (χ0n) is 10.9. The zero-order chi connectivity index (χ0) is 14.4. The van der Waals surface area contributed by atoms with Crippen molar-refractivity contribution in [3.63, 3.8) is 0 Å². The van der Waals surface area contributed by atoms with E-state index in [1.807, 2.05) is 0 Å². The normalized spacial score (nSPS) is 9.79. The second kappa shape index (κ2) is 6.79. The summed E-state index contributed by atoms with van der Waals surface area (Å²) in [6, 6.07) is 0. The Balaban J connectivity index is 3.21. The second-order valence-electron chi connectivity index (χ2n) is 3.57. The molecule has 1 amide bonds. The molecule has 0 spiro atoms. The summed E-state index contributed by atoms with van der Waals surface area (Å²) in [5.74, 6) is -0.877. The van der Waals surface area contributed by atoms with E-state index >= 15 is 0 Å². The van der Waals surface area contributed by atoms with Crippen LogP contribution in [0.5, 0.6) is 0 Å². The number of carbonyl (C=O) groups is 2. The van der Waals surface area contributed by atoms with Crippen molar-refractivity contribution in [1.29, 1.82) is 0 Å². The van der Waals surface area contributed by atoms with E-state index in [0.29, 0.717) is 23.0 Å². The molecular formula is C12H17N3O3S. The van der Waals surface area contributed by atoms with Crippen molar-refractivity contribution in [1.82, 2.24) is 5.32 Å². The molecule has 7 heteroatoms.